The van der Waals surface area contributed by atoms with Crippen LogP contribution in [-0.4, -0.2) is 18.0 Å². The second-order valence-electron chi connectivity index (χ2n) is 5.18. The van der Waals surface area contributed by atoms with Gasteiger partial charge in [-0.05, 0) is 37.0 Å². The number of hydrogen-bond donors (Lipinski definition) is 1. The molecule has 1 saturated carbocycles. The molecule has 110 valence electrons. The molecule has 1 fully saturated rings. The average molecular weight is 289 g/mol. The summed E-state index contributed by atoms with van der Waals surface area (Å²) in [5.74, 6) is 3.52. The Bertz CT molecular complexity index is 360. The van der Waals surface area contributed by atoms with Gasteiger partial charge in [0.1, 0.15) is 0 Å². The number of rotatable bonds is 3. The first-order valence-corrected chi connectivity index (χ1v) is 5.80. The lowest BCUT2D eigenvalue weighted by atomic mass is 9.81. The molecule has 2 nitrogen and oxygen atoms in total. The van der Waals surface area contributed by atoms with Gasteiger partial charge in [0.25, 0.3) is 5.60 Å². The van der Waals surface area contributed by atoms with Gasteiger partial charge in [0.15, 0.2) is 0 Å². The summed E-state index contributed by atoms with van der Waals surface area (Å²) in [4.78, 5) is 3.46. The normalized spacial score (nSPS) is 31.2. The van der Waals surface area contributed by atoms with Crippen molar-refractivity contribution in [3.05, 3.63) is 12.2 Å². The van der Waals surface area contributed by atoms with E-state index < -0.39 is 30.3 Å². The molecule has 2 rings (SSSR count). The zero-order chi connectivity index (χ0) is 14.5. The molecule has 0 aliphatic heterocycles. The summed E-state index contributed by atoms with van der Waals surface area (Å²) in [7, 11) is 0. The van der Waals surface area contributed by atoms with Crippen LogP contribution in [0.1, 0.15) is 19.3 Å². The van der Waals surface area contributed by atoms with Crippen molar-refractivity contribution in [1.82, 2.24) is 0 Å². The van der Waals surface area contributed by atoms with Crippen molar-refractivity contribution in [1.29, 1.82) is 0 Å². The van der Waals surface area contributed by atoms with Crippen LogP contribution in [-0.2, 0) is 4.84 Å². The Kier molecular flexibility index (Phi) is 3.37. The fraction of sp³-hybridized carbons (Fsp3) is 0.818. The van der Waals surface area contributed by atoms with Gasteiger partial charge in [-0.3, -0.25) is 4.84 Å². The molecule has 3 unspecified atom stereocenters. The smallest absolute Gasteiger partial charge is 0.279 e. The van der Waals surface area contributed by atoms with Crippen molar-refractivity contribution in [3.8, 4) is 0 Å². The van der Waals surface area contributed by atoms with Gasteiger partial charge in [-0.15, -0.1) is 0 Å². The molecular formula is C11H13F6NO. The standard InChI is InChI=1S/C11H13F6NO/c12-10(13,14)9(19-18,11(15,16)17)5-8-4-6-1-2-7(8)3-6/h1-2,6-8H,3-5,18H2. The molecule has 8 heteroatoms. The van der Waals surface area contributed by atoms with Gasteiger partial charge in [0, 0.05) is 0 Å². The summed E-state index contributed by atoms with van der Waals surface area (Å²) in [6, 6.07) is 0. The molecule has 2 bridgehead atoms. The lowest BCUT2D eigenvalue weighted by molar-refractivity contribution is -0.387. The van der Waals surface area contributed by atoms with E-state index in [4.69, 9.17) is 0 Å². The van der Waals surface area contributed by atoms with Crippen LogP contribution in [0.25, 0.3) is 0 Å². The van der Waals surface area contributed by atoms with Crippen LogP contribution in [0.4, 0.5) is 26.3 Å². The number of alkyl halides is 6. The highest BCUT2D eigenvalue weighted by molar-refractivity contribution is 5.12. The second-order valence-corrected chi connectivity index (χ2v) is 5.18. The van der Waals surface area contributed by atoms with Crippen molar-refractivity contribution in [2.45, 2.75) is 37.2 Å². The highest BCUT2D eigenvalue weighted by Gasteiger charge is 2.73. The van der Waals surface area contributed by atoms with Crippen molar-refractivity contribution in [2.24, 2.45) is 23.7 Å². The summed E-state index contributed by atoms with van der Waals surface area (Å²) in [5, 5.41) is 0. The molecule has 3 atom stereocenters. The Morgan fingerprint density at radius 1 is 1.00 bits per heavy atom. The predicted octanol–water partition coefficient (Wildman–Crippen LogP) is 3.34. The average Bonchev–Trinajstić information content (AvgIpc) is 2.83. The van der Waals surface area contributed by atoms with Gasteiger partial charge < -0.3 is 0 Å². The number of nitrogens with two attached hydrogens (primary N) is 1. The number of fused-ring (bicyclic) bond motifs is 2. The van der Waals surface area contributed by atoms with E-state index >= 15 is 0 Å². The summed E-state index contributed by atoms with van der Waals surface area (Å²) in [6.07, 6.45) is -7.90. The number of halogens is 6. The Labute approximate surface area is 105 Å². The van der Waals surface area contributed by atoms with Crippen LogP contribution in [0.2, 0.25) is 0 Å². The largest absolute Gasteiger partial charge is 0.428 e. The topological polar surface area (TPSA) is 35.2 Å². The Hall–Kier alpha value is -0.760. The third kappa shape index (κ3) is 2.24. The monoisotopic (exact) mass is 289 g/mol. The number of hydrogen-bond acceptors (Lipinski definition) is 2. The number of allylic oxidation sites excluding steroid dienone is 2. The summed E-state index contributed by atoms with van der Waals surface area (Å²) in [5.41, 5.74) is -4.27. The van der Waals surface area contributed by atoms with E-state index in [1.807, 2.05) is 6.08 Å². The Morgan fingerprint density at radius 2 is 1.58 bits per heavy atom. The van der Waals surface area contributed by atoms with E-state index in [0.29, 0.717) is 12.8 Å². The van der Waals surface area contributed by atoms with Crippen molar-refractivity contribution >= 4 is 0 Å². The zero-order valence-corrected chi connectivity index (χ0v) is 9.76. The molecule has 2 aliphatic rings. The van der Waals surface area contributed by atoms with Crippen LogP contribution in [0, 0.1) is 17.8 Å². The molecule has 0 aromatic heterocycles. The summed E-state index contributed by atoms with van der Waals surface area (Å²) in [6.45, 7) is 0. The van der Waals surface area contributed by atoms with E-state index in [9.17, 15) is 26.3 Å². The SMILES string of the molecule is NOC(CC1CC2C=CC1C2)(C(F)(F)F)C(F)(F)F. The fourth-order valence-electron chi connectivity index (χ4n) is 3.07. The maximum atomic E-state index is 12.8. The van der Waals surface area contributed by atoms with Gasteiger partial charge in [-0.2, -0.15) is 26.3 Å². The van der Waals surface area contributed by atoms with Crippen LogP contribution in [0.5, 0.6) is 0 Å². The molecule has 0 amide bonds. The summed E-state index contributed by atoms with van der Waals surface area (Å²) >= 11 is 0. The molecule has 0 aromatic carbocycles. The van der Waals surface area contributed by atoms with Crippen molar-refractivity contribution in [2.75, 3.05) is 0 Å². The maximum Gasteiger partial charge on any atom is 0.428 e. The van der Waals surface area contributed by atoms with Gasteiger partial charge in [-0.25, -0.2) is 5.90 Å². The molecule has 2 N–H and O–H groups in total. The van der Waals surface area contributed by atoms with Gasteiger partial charge in [-0.1, -0.05) is 12.2 Å². The third-order valence-corrected chi connectivity index (χ3v) is 4.08. The molecule has 0 saturated heterocycles. The minimum Gasteiger partial charge on any atom is -0.279 e. The summed E-state index contributed by atoms with van der Waals surface area (Å²) < 4.78 is 76.9. The second kappa shape index (κ2) is 4.37. The molecule has 0 aromatic rings. The van der Waals surface area contributed by atoms with Gasteiger partial charge >= 0.3 is 12.4 Å². The van der Waals surface area contributed by atoms with Crippen LogP contribution < -0.4 is 5.90 Å². The lowest BCUT2D eigenvalue weighted by Crippen LogP contribution is -2.61. The molecule has 0 heterocycles. The lowest BCUT2D eigenvalue weighted by Gasteiger charge is -2.37. The fourth-order valence-corrected chi connectivity index (χ4v) is 3.07. The Morgan fingerprint density at radius 3 is 1.89 bits per heavy atom. The highest BCUT2D eigenvalue weighted by Crippen LogP contribution is 2.54. The minimum atomic E-state index is -5.59. The van der Waals surface area contributed by atoms with Crippen LogP contribution in [0.15, 0.2) is 12.2 Å². The molecule has 19 heavy (non-hydrogen) atoms. The van der Waals surface area contributed by atoms with Crippen LogP contribution >= 0.6 is 0 Å². The zero-order valence-electron chi connectivity index (χ0n) is 9.76. The highest BCUT2D eigenvalue weighted by atomic mass is 19.4. The van der Waals surface area contributed by atoms with Crippen molar-refractivity contribution in [3.63, 3.8) is 0 Å². The van der Waals surface area contributed by atoms with E-state index in [2.05, 4.69) is 10.7 Å². The predicted molar refractivity (Wildman–Crippen MR) is 53.6 cm³/mol. The quantitative estimate of drug-likeness (QED) is 0.491. The van der Waals surface area contributed by atoms with E-state index in [1.54, 1.807) is 6.08 Å². The van der Waals surface area contributed by atoms with Crippen LogP contribution in [0.3, 0.4) is 0 Å². The molecule has 0 spiro atoms. The first-order chi connectivity index (χ1) is 8.61. The van der Waals surface area contributed by atoms with E-state index in [-0.39, 0.29) is 11.8 Å². The van der Waals surface area contributed by atoms with E-state index in [1.165, 1.54) is 0 Å². The third-order valence-electron chi connectivity index (χ3n) is 4.08. The molecule has 0 radical (unpaired) electrons. The maximum absolute atomic E-state index is 12.8. The van der Waals surface area contributed by atoms with Gasteiger partial charge in [0.05, 0.1) is 0 Å². The first-order valence-electron chi connectivity index (χ1n) is 5.80. The Balaban J connectivity index is 2.26. The molecular weight excluding hydrogens is 276 g/mol. The van der Waals surface area contributed by atoms with Gasteiger partial charge in [0.2, 0.25) is 0 Å². The first kappa shape index (κ1) is 14.6. The van der Waals surface area contributed by atoms with E-state index in [0.717, 1.165) is 0 Å². The van der Waals surface area contributed by atoms with Crippen molar-refractivity contribution < 1.29 is 31.2 Å². The minimum absolute atomic E-state index is 0.0759. The molecule has 2 aliphatic carbocycles.